The second-order valence-corrected chi connectivity index (χ2v) is 9.78. The normalized spacial score (nSPS) is 19.2. The van der Waals surface area contributed by atoms with Crippen LogP contribution in [0.4, 0.5) is 0 Å². The molecule has 0 N–H and O–H groups in total. The summed E-state index contributed by atoms with van der Waals surface area (Å²) < 4.78 is 28.4. The van der Waals surface area contributed by atoms with Crippen molar-refractivity contribution < 1.29 is 8.42 Å². The Morgan fingerprint density at radius 2 is 1.78 bits per heavy atom. The molecule has 1 unspecified atom stereocenters. The van der Waals surface area contributed by atoms with E-state index in [0.29, 0.717) is 11.6 Å². The summed E-state index contributed by atoms with van der Waals surface area (Å²) in [7, 11) is -3.63. The summed E-state index contributed by atoms with van der Waals surface area (Å²) in [5.74, 6) is 0.751. The van der Waals surface area contributed by atoms with Gasteiger partial charge in [-0.05, 0) is 35.9 Å². The third kappa shape index (κ3) is 3.57. The van der Waals surface area contributed by atoms with Crippen LogP contribution in [-0.4, -0.2) is 25.0 Å². The first-order valence-electron chi connectivity index (χ1n) is 6.73. The van der Waals surface area contributed by atoms with E-state index in [4.69, 9.17) is 23.2 Å². The van der Waals surface area contributed by atoms with Gasteiger partial charge in [0.25, 0.3) is 0 Å². The fourth-order valence-electron chi connectivity index (χ4n) is 2.36. The van der Waals surface area contributed by atoms with Crippen LogP contribution in [0, 0.1) is 0 Å². The lowest BCUT2D eigenvalue weighted by molar-refractivity contribution is 0.434. The molecule has 1 aliphatic heterocycles. The molecule has 23 heavy (non-hydrogen) atoms. The van der Waals surface area contributed by atoms with Crippen LogP contribution in [0.1, 0.15) is 10.9 Å². The molecule has 1 aliphatic rings. The quantitative estimate of drug-likeness (QED) is 0.642. The Kier molecular flexibility index (Phi) is 5.30. The number of halogens is 3. The maximum atomic E-state index is 13.0. The van der Waals surface area contributed by atoms with E-state index in [2.05, 4.69) is 15.9 Å². The van der Waals surface area contributed by atoms with Gasteiger partial charge in [-0.3, -0.25) is 0 Å². The second-order valence-electron chi connectivity index (χ2n) is 4.97. The van der Waals surface area contributed by atoms with Crippen molar-refractivity contribution in [2.45, 2.75) is 10.3 Å². The van der Waals surface area contributed by atoms with Crippen molar-refractivity contribution in [1.29, 1.82) is 0 Å². The zero-order chi connectivity index (χ0) is 16.6. The van der Waals surface area contributed by atoms with Crippen molar-refractivity contribution in [1.82, 2.24) is 4.31 Å². The molecule has 8 heteroatoms. The maximum absolute atomic E-state index is 13.0. The lowest BCUT2D eigenvalue weighted by Crippen LogP contribution is -2.30. The molecular weight excluding hydrogens is 441 g/mol. The zero-order valence-electron chi connectivity index (χ0n) is 11.7. The van der Waals surface area contributed by atoms with E-state index in [1.54, 1.807) is 11.8 Å². The highest BCUT2D eigenvalue weighted by Gasteiger charge is 2.37. The van der Waals surface area contributed by atoms with Crippen LogP contribution in [-0.2, 0) is 10.0 Å². The molecule has 1 saturated heterocycles. The Morgan fingerprint density at radius 1 is 1.09 bits per heavy atom. The number of sulfonamides is 1. The molecule has 3 rings (SSSR count). The predicted octanol–water partition coefficient (Wildman–Crippen LogP) is 5.19. The van der Waals surface area contributed by atoms with Gasteiger partial charge in [0, 0.05) is 16.8 Å². The van der Waals surface area contributed by atoms with Crippen molar-refractivity contribution in [2.75, 3.05) is 12.3 Å². The summed E-state index contributed by atoms with van der Waals surface area (Å²) in [6.45, 7) is 0.466. The molecule has 0 bridgehead atoms. The largest absolute Gasteiger partial charge is 0.244 e. The molecule has 1 heterocycles. The molecule has 0 radical (unpaired) electrons. The first-order chi connectivity index (χ1) is 10.9. The van der Waals surface area contributed by atoms with E-state index >= 15 is 0 Å². The number of thioether (sulfide) groups is 1. The average Bonchev–Trinajstić information content (AvgIpc) is 3.01. The summed E-state index contributed by atoms with van der Waals surface area (Å²) in [4.78, 5) is 0.163. The van der Waals surface area contributed by atoms with E-state index in [-0.39, 0.29) is 15.3 Å². The van der Waals surface area contributed by atoms with Crippen LogP contribution in [0.2, 0.25) is 10.0 Å². The Morgan fingerprint density at radius 3 is 2.43 bits per heavy atom. The van der Waals surface area contributed by atoms with E-state index in [1.165, 1.54) is 22.5 Å². The lowest BCUT2D eigenvalue weighted by Gasteiger charge is -2.23. The highest BCUT2D eigenvalue weighted by atomic mass is 79.9. The lowest BCUT2D eigenvalue weighted by atomic mass is 10.2. The SMILES string of the molecule is O=S(=O)(c1ccc(Cl)c(Cl)c1)N1CCSC1c1ccc(Br)cc1. The predicted molar refractivity (Wildman–Crippen MR) is 99.7 cm³/mol. The van der Waals surface area contributed by atoms with Crippen LogP contribution in [0.5, 0.6) is 0 Å². The Labute approximate surface area is 158 Å². The third-order valence-electron chi connectivity index (χ3n) is 3.50. The highest BCUT2D eigenvalue weighted by Crippen LogP contribution is 2.42. The molecule has 3 nitrogen and oxygen atoms in total. The molecule has 122 valence electrons. The summed E-state index contributed by atoms with van der Waals surface area (Å²) >= 11 is 16.9. The van der Waals surface area contributed by atoms with Crippen molar-refractivity contribution in [3.8, 4) is 0 Å². The molecule has 0 aliphatic carbocycles. The van der Waals surface area contributed by atoms with Gasteiger partial charge in [0.15, 0.2) is 0 Å². The van der Waals surface area contributed by atoms with E-state index in [9.17, 15) is 8.42 Å². The molecule has 2 aromatic carbocycles. The smallest absolute Gasteiger partial charge is 0.207 e. The van der Waals surface area contributed by atoms with Crippen LogP contribution in [0.3, 0.4) is 0 Å². The number of hydrogen-bond donors (Lipinski definition) is 0. The topological polar surface area (TPSA) is 37.4 Å². The molecule has 0 spiro atoms. The fraction of sp³-hybridized carbons (Fsp3) is 0.200. The summed E-state index contributed by atoms with van der Waals surface area (Å²) in [5, 5.41) is 0.341. The number of benzene rings is 2. The molecule has 2 aromatic rings. The van der Waals surface area contributed by atoms with E-state index in [1.807, 2.05) is 24.3 Å². The van der Waals surface area contributed by atoms with Gasteiger partial charge in [0.05, 0.1) is 20.3 Å². The van der Waals surface area contributed by atoms with Crippen molar-refractivity contribution in [3.63, 3.8) is 0 Å². The van der Waals surface area contributed by atoms with Gasteiger partial charge in [0.2, 0.25) is 10.0 Å². The fourth-order valence-corrected chi connectivity index (χ4v) is 6.26. The summed E-state index contributed by atoms with van der Waals surface area (Å²) in [5.41, 5.74) is 0.958. The van der Waals surface area contributed by atoms with Gasteiger partial charge in [-0.1, -0.05) is 51.3 Å². The van der Waals surface area contributed by atoms with Crippen LogP contribution < -0.4 is 0 Å². The van der Waals surface area contributed by atoms with Crippen molar-refractivity contribution >= 4 is 60.9 Å². The van der Waals surface area contributed by atoms with Crippen molar-refractivity contribution in [3.05, 3.63) is 62.5 Å². The van der Waals surface area contributed by atoms with Gasteiger partial charge in [-0.15, -0.1) is 11.8 Å². The van der Waals surface area contributed by atoms with Gasteiger partial charge in [-0.2, -0.15) is 4.31 Å². The molecular formula is C15H12BrCl2NO2S2. The summed E-state index contributed by atoms with van der Waals surface area (Å²) in [6, 6.07) is 12.1. The first-order valence-corrected chi connectivity index (χ1v) is 10.8. The molecule has 0 amide bonds. The monoisotopic (exact) mass is 451 g/mol. The molecule has 0 saturated carbocycles. The Bertz CT molecular complexity index is 828. The molecule has 1 fully saturated rings. The second kappa shape index (κ2) is 6.94. The molecule has 0 aromatic heterocycles. The number of rotatable bonds is 3. The minimum atomic E-state index is -3.63. The van der Waals surface area contributed by atoms with E-state index < -0.39 is 10.0 Å². The van der Waals surface area contributed by atoms with Gasteiger partial charge in [-0.25, -0.2) is 8.42 Å². The summed E-state index contributed by atoms with van der Waals surface area (Å²) in [6.07, 6.45) is 0. The van der Waals surface area contributed by atoms with Crippen LogP contribution >= 0.6 is 50.9 Å². The first kappa shape index (κ1) is 17.6. The third-order valence-corrected chi connectivity index (χ3v) is 8.02. The Balaban J connectivity index is 1.97. The Hall–Kier alpha value is -0.240. The van der Waals surface area contributed by atoms with Gasteiger partial charge < -0.3 is 0 Å². The number of hydrogen-bond acceptors (Lipinski definition) is 3. The van der Waals surface area contributed by atoms with Crippen LogP contribution in [0.25, 0.3) is 0 Å². The average molecular weight is 453 g/mol. The van der Waals surface area contributed by atoms with Gasteiger partial charge >= 0.3 is 0 Å². The minimum Gasteiger partial charge on any atom is -0.207 e. The molecule has 1 atom stereocenters. The van der Waals surface area contributed by atoms with Crippen LogP contribution in [0.15, 0.2) is 51.8 Å². The van der Waals surface area contributed by atoms with Crippen molar-refractivity contribution in [2.24, 2.45) is 0 Å². The number of nitrogens with zero attached hydrogens (tertiary/aromatic N) is 1. The standard InChI is InChI=1S/C15H12BrCl2NO2S2/c16-11-3-1-10(2-4-11)15-19(7-8-22-15)23(20,21)12-5-6-13(17)14(18)9-12/h1-6,9,15H,7-8H2. The van der Waals surface area contributed by atoms with E-state index in [0.717, 1.165) is 15.8 Å². The zero-order valence-corrected chi connectivity index (χ0v) is 16.5. The maximum Gasteiger partial charge on any atom is 0.244 e. The van der Waals surface area contributed by atoms with Gasteiger partial charge in [0.1, 0.15) is 0 Å². The highest BCUT2D eigenvalue weighted by molar-refractivity contribution is 9.10. The minimum absolute atomic E-state index is 0.163.